The van der Waals surface area contributed by atoms with E-state index in [9.17, 15) is 27.6 Å². The number of carbonyl (C=O) groups is 3. The van der Waals surface area contributed by atoms with Gasteiger partial charge in [-0.2, -0.15) is 13.2 Å². The smallest absolute Gasteiger partial charge is 0.370 e. The number of nitrogens with one attached hydrogen (secondary N) is 2. The highest BCUT2D eigenvalue weighted by Gasteiger charge is 2.56. The van der Waals surface area contributed by atoms with Gasteiger partial charge in [0.2, 0.25) is 5.91 Å². The Hall–Kier alpha value is -2.78. The van der Waals surface area contributed by atoms with Gasteiger partial charge in [0.15, 0.2) is 0 Å². The lowest BCUT2D eigenvalue weighted by Crippen LogP contribution is -2.54. The molecule has 0 radical (unpaired) electrons. The fourth-order valence-corrected chi connectivity index (χ4v) is 6.21. The summed E-state index contributed by atoms with van der Waals surface area (Å²) in [6, 6.07) is 2.65. The maximum atomic E-state index is 13.4. The summed E-state index contributed by atoms with van der Waals surface area (Å²) in [5.41, 5.74) is -1.54. The summed E-state index contributed by atoms with van der Waals surface area (Å²) in [7, 11) is 0. The molecule has 1 spiro atoms. The number of carbonyl (C=O) groups excluding carboxylic acids is 3. The van der Waals surface area contributed by atoms with Gasteiger partial charge in [0.05, 0.1) is 16.9 Å². The van der Waals surface area contributed by atoms with Gasteiger partial charge >= 0.3 is 12.2 Å². The van der Waals surface area contributed by atoms with E-state index in [1.165, 1.54) is 6.07 Å². The van der Waals surface area contributed by atoms with E-state index in [0.29, 0.717) is 31.6 Å². The number of hydrogen-bond acceptors (Lipinski definition) is 4. The van der Waals surface area contributed by atoms with Crippen LogP contribution in [0.3, 0.4) is 0 Å². The van der Waals surface area contributed by atoms with E-state index in [1.807, 2.05) is 11.8 Å². The van der Waals surface area contributed by atoms with Crippen LogP contribution in [0.1, 0.15) is 64.9 Å². The number of alkyl halides is 3. The Morgan fingerprint density at radius 2 is 1.83 bits per heavy atom. The zero-order valence-corrected chi connectivity index (χ0v) is 20.4. The number of hydrogen-bond donors (Lipinski definition) is 2. The molecule has 35 heavy (non-hydrogen) atoms. The molecule has 1 saturated carbocycles. The molecule has 1 aliphatic carbocycles. The minimum Gasteiger partial charge on any atom is -0.370 e. The molecule has 4 amide bonds. The summed E-state index contributed by atoms with van der Waals surface area (Å²) in [6.45, 7) is 6.93. The summed E-state index contributed by atoms with van der Waals surface area (Å²) in [6.07, 6.45) is 0.185. The molecule has 1 aromatic rings. The lowest BCUT2D eigenvalue weighted by molar-refractivity contribution is -0.137. The van der Waals surface area contributed by atoms with Crippen LogP contribution in [-0.2, 0) is 15.8 Å². The quantitative estimate of drug-likeness (QED) is 0.591. The number of amides is 4. The Balaban J connectivity index is 1.54. The average Bonchev–Trinajstić information content (AvgIpc) is 2.95. The van der Waals surface area contributed by atoms with E-state index >= 15 is 0 Å². The topological polar surface area (TPSA) is 81.8 Å². The lowest BCUT2D eigenvalue weighted by Gasteiger charge is -2.43. The van der Waals surface area contributed by atoms with Crippen LogP contribution >= 0.6 is 0 Å². The number of urea groups is 1. The van der Waals surface area contributed by atoms with E-state index in [-0.39, 0.29) is 17.0 Å². The zero-order valence-electron chi connectivity index (χ0n) is 20.4. The summed E-state index contributed by atoms with van der Waals surface area (Å²) in [5, 5.41) is 5.37. The summed E-state index contributed by atoms with van der Waals surface area (Å²) in [5.74, 6) is -0.946. The van der Waals surface area contributed by atoms with Crippen molar-refractivity contribution in [3.63, 3.8) is 0 Å². The van der Waals surface area contributed by atoms with Gasteiger partial charge in [-0.25, -0.2) is 4.79 Å². The van der Waals surface area contributed by atoms with E-state index in [4.69, 9.17) is 0 Å². The third kappa shape index (κ3) is 5.26. The molecule has 0 unspecified atom stereocenters. The maximum Gasteiger partial charge on any atom is 0.416 e. The molecule has 0 aromatic heterocycles. The first-order valence-electron chi connectivity index (χ1n) is 12.2. The van der Waals surface area contributed by atoms with Gasteiger partial charge in [0.1, 0.15) is 12.1 Å². The predicted molar refractivity (Wildman–Crippen MR) is 126 cm³/mol. The Kier molecular flexibility index (Phi) is 6.53. The van der Waals surface area contributed by atoms with Gasteiger partial charge < -0.3 is 15.5 Å². The molecule has 192 valence electrons. The van der Waals surface area contributed by atoms with Crippen LogP contribution in [-0.4, -0.2) is 47.9 Å². The molecule has 7 nitrogen and oxygen atoms in total. The Bertz CT molecular complexity index is 1020. The molecule has 2 N–H and O–H groups in total. The predicted octanol–water partition coefficient (Wildman–Crippen LogP) is 4.77. The van der Waals surface area contributed by atoms with Crippen LogP contribution in [0.4, 0.5) is 29.3 Å². The first-order chi connectivity index (χ1) is 16.3. The van der Waals surface area contributed by atoms with Crippen molar-refractivity contribution in [1.82, 2.24) is 10.2 Å². The normalized spacial score (nSPS) is 26.7. The second-order valence-electron chi connectivity index (χ2n) is 11.1. The molecule has 2 saturated heterocycles. The molecule has 1 aromatic carbocycles. The summed E-state index contributed by atoms with van der Waals surface area (Å²) >= 11 is 0. The van der Waals surface area contributed by atoms with E-state index in [2.05, 4.69) is 24.5 Å². The molecular weight excluding hydrogens is 461 g/mol. The van der Waals surface area contributed by atoms with Crippen molar-refractivity contribution >= 4 is 29.2 Å². The van der Waals surface area contributed by atoms with Gasteiger partial charge in [-0.3, -0.25) is 14.5 Å². The SMILES string of the molecule is C[C@@H]1CC(C)(C)C[C@]2(C1)NC(=O)N(CC(=O)Nc1cc(C(F)(F)F)ccc1N1CCCCC1)C2=O. The fourth-order valence-electron chi connectivity index (χ4n) is 6.21. The monoisotopic (exact) mass is 494 g/mol. The Morgan fingerprint density at radius 3 is 2.46 bits per heavy atom. The van der Waals surface area contributed by atoms with Crippen LogP contribution in [0, 0.1) is 11.3 Å². The minimum absolute atomic E-state index is 0.0286. The number of benzene rings is 1. The molecule has 2 atom stereocenters. The summed E-state index contributed by atoms with van der Waals surface area (Å²) in [4.78, 5) is 41.8. The average molecular weight is 495 g/mol. The van der Waals surface area contributed by atoms with Crippen LogP contribution in [0.15, 0.2) is 18.2 Å². The molecular formula is C25H33F3N4O3. The molecule has 3 aliphatic rings. The van der Waals surface area contributed by atoms with Crippen molar-refractivity contribution in [1.29, 1.82) is 0 Å². The van der Waals surface area contributed by atoms with Crippen molar-refractivity contribution in [2.45, 2.75) is 71.0 Å². The van der Waals surface area contributed by atoms with Gasteiger partial charge in [-0.1, -0.05) is 20.8 Å². The molecule has 10 heteroatoms. The van der Waals surface area contributed by atoms with Crippen LogP contribution < -0.4 is 15.5 Å². The number of anilines is 2. The van der Waals surface area contributed by atoms with E-state index in [1.54, 1.807) is 0 Å². The highest BCUT2D eigenvalue weighted by atomic mass is 19.4. The van der Waals surface area contributed by atoms with E-state index in [0.717, 1.165) is 42.7 Å². The first-order valence-corrected chi connectivity index (χ1v) is 12.2. The zero-order chi connectivity index (χ0) is 25.6. The number of imide groups is 1. The van der Waals surface area contributed by atoms with Crippen molar-refractivity contribution < 1.29 is 27.6 Å². The first kappa shape index (κ1) is 25.3. The molecule has 2 heterocycles. The van der Waals surface area contributed by atoms with Gasteiger partial charge in [-0.05, 0) is 68.1 Å². The fraction of sp³-hybridized carbons (Fsp3) is 0.640. The highest BCUT2D eigenvalue weighted by molar-refractivity contribution is 6.10. The van der Waals surface area contributed by atoms with Crippen molar-refractivity contribution in [3.8, 4) is 0 Å². The maximum absolute atomic E-state index is 13.4. The van der Waals surface area contributed by atoms with Crippen LogP contribution in [0.25, 0.3) is 0 Å². The van der Waals surface area contributed by atoms with Crippen molar-refractivity contribution in [3.05, 3.63) is 23.8 Å². The number of halogens is 3. The number of rotatable bonds is 4. The van der Waals surface area contributed by atoms with E-state index < -0.39 is 41.7 Å². The van der Waals surface area contributed by atoms with Crippen molar-refractivity contribution in [2.75, 3.05) is 29.9 Å². The lowest BCUT2D eigenvalue weighted by atomic mass is 9.64. The standard InChI is InChI=1S/C25H33F3N4O3/c1-16-12-23(2,3)15-24(13-16)21(34)32(22(35)30-24)14-20(33)29-18-11-17(25(26,27)28)7-8-19(18)31-9-5-4-6-10-31/h7-8,11,16H,4-6,9-10,12-15H2,1-3H3,(H,29,33)(H,30,35)/t16-,24+/m1/s1. The molecule has 3 fully saturated rings. The van der Waals surface area contributed by atoms with Crippen LogP contribution in [0.5, 0.6) is 0 Å². The highest BCUT2D eigenvalue weighted by Crippen LogP contribution is 2.46. The molecule has 2 aliphatic heterocycles. The van der Waals surface area contributed by atoms with Crippen molar-refractivity contribution in [2.24, 2.45) is 11.3 Å². The third-order valence-corrected chi connectivity index (χ3v) is 7.22. The Labute approximate surface area is 203 Å². The number of nitrogens with zero attached hydrogens (tertiary/aromatic N) is 2. The van der Waals surface area contributed by atoms with Crippen LogP contribution in [0.2, 0.25) is 0 Å². The Morgan fingerprint density at radius 1 is 1.14 bits per heavy atom. The second kappa shape index (κ2) is 9.02. The molecule has 4 rings (SSSR count). The molecule has 0 bridgehead atoms. The van der Waals surface area contributed by atoms with Gasteiger partial charge in [-0.15, -0.1) is 0 Å². The minimum atomic E-state index is -4.57. The third-order valence-electron chi connectivity index (χ3n) is 7.22. The largest absolute Gasteiger partial charge is 0.416 e. The van der Waals surface area contributed by atoms with Gasteiger partial charge in [0, 0.05) is 13.1 Å². The second-order valence-corrected chi connectivity index (χ2v) is 11.1. The summed E-state index contributed by atoms with van der Waals surface area (Å²) < 4.78 is 40.1. The number of piperidine rings is 1. The van der Waals surface area contributed by atoms with Gasteiger partial charge in [0.25, 0.3) is 5.91 Å².